The zero-order chi connectivity index (χ0) is 13.7. The normalized spacial score (nSPS) is 23.9. The molecular weight excluding hydrogens is 234 g/mol. The first-order chi connectivity index (χ1) is 9.19. The van der Waals surface area contributed by atoms with Gasteiger partial charge in [-0.15, -0.1) is 0 Å². The number of nitrogens with one attached hydrogen (secondary N) is 1. The Kier molecular flexibility index (Phi) is 5.29. The highest BCUT2D eigenvalue weighted by atomic mass is 16.1. The molecule has 19 heavy (non-hydrogen) atoms. The Morgan fingerprint density at radius 2 is 1.89 bits per heavy atom. The number of amides is 1. The summed E-state index contributed by atoms with van der Waals surface area (Å²) < 4.78 is 0. The number of carbonyl (C=O) groups excluding carboxylic acids is 1. The summed E-state index contributed by atoms with van der Waals surface area (Å²) >= 11 is 0. The maximum Gasteiger partial charge on any atom is 0.223 e. The van der Waals surface area contributed by atoms with Crippen molar-refractivity contribution in [3.8, 4) is 0 Å². The van der Waals surface area contributed by atoms with Crippen LogP contribution in [0.1, 0.15) is 78.1 Å². The largest absolute Gasteiger partial charge is 0.356 e. The van der Waals surface area contributed by atoms with Gasteiger partial charge < -0.3 is 5.32 Å². The van der Waals surface area contributed by atoms with E-state index in [-0.39, 0.29) is 5.92 Å². The van der Waals surface area contributed by atoms with Crippen LogP contribution in [0.25, 0.3) is 0 Å². The average Bonchev–Trinajstić information content (AvgIpc) is 2.41. The molecule has 2 saturated carbocycles. The number of hydrogen-bond acceptors (Lipinski definition) is 1. The molecule has 1 spiro atoms. The maximum absolute atomic E-state index is 12.1. The molecule has 1 unspecified atom stereocenters. The summed E-state index contributed by atoms with van der Waals surface area (Å²) in [4.78, 5) is 12.1. The van der Waals surface area contributed by atoms with E-state index in [2.05, 4.69) is 19.2 Å². The molecule has 0 saturated heterocycles. The molecule has 0 heterocycles. The van der Waals surface area contributed by atoms with Crippen LogP contribution in [-0.4, -0.2) is 12.5 Å². The lowest BCUT2D eigenvalue weighted by molar-refractivity contribution is -0.125. The van der Waals surface area contributed by atoms with Crippen LogP contribution in [0, 0.1) is 17.3 Å². The quantitative estimate of drug-likeness (QED) is 0.762. The van der Waals surface area contributed by atoms with E-state index in [0.717, 1.165) is 37.1 Å². The summed E-state index contributed by atoms with van der Waals surface area (Å²) in [5, 5.41) is 3.21. The van der Waals surface area contributed by atoms with Crippen molar-refractivity contribution in [2.24, 2.45) is 17.3 Å². The van der Waals surface area contributed by atoms with Crippen molar-refractivity contribution in [3.63, 3.8) is 0 Å². The van der Waals surface area contributed by atoms with Crippen LogP contribution in [0.15, 0.2) is 0 Å². The Balaban J connectivity index is 1.66. The van der Waals surface area contributed by atoms with Crippen LogP contribution in [0.2, 0.25) is 0 Å². The first kappa shape index (κ1) is 14.9. The van der Waals surface area contributed by atoms with Crippen molar-refractivity contribution in [2.45, 2.75) is 78.1 Å². The molecule has 110 valence electrons. The first-order valence-electron chi connectivity index (χ1n) is 8.47. The van der Waals surface area contributed by atoms with Crippen molar-refractivity contribution in [2.75, 3.05) is 6.54 Å². The minimum absolute atomic E-state index is 0.242. The lowest BCUT2D eigenvalue weighted by Gasteiger charge is -2.47. The monoisotopic (exact) mass is 265 g/mol. The van der Waals surface area contributed by atoms with Gasteiger partial charge in [0.05, 0.1) is 0 Å². The zero-order valence-corrected chi connectivity index (χ0v) is 12.8. The standard InChI is InChI=1S/C17H31NO/c1-3-6-15(4-2)16(19)18-13-14-7-11-17(12-8-14)9-5-10-17/h14-15H,3-13H2,1-2H3,(H,18,19). The van der Waals surface area contributed by atoms with E-state index in [9.17, 15) is 4.79 Å². The van der Waals surface area contributed by atoms with Gasteiger partial charge in [-0.3, -0.25) is 4.79 Å². The van der Waals surface area contributed by atoms with Crippen LogP contribution in [0.4, 0.5) is 0 Å². The van der Waals surface area contributed by atoms with E-state index in [0.29, 0.717) is 5.91 Å². The predicted octanol–water partition coefficient (Wildman–Crippen LogP) is 4.29. The molecule has 0 aromatic rings. The molecule has 2 aliphatic rings. The Morgan fingerprint density at radius 3 is 2.37 bits per heavy atom. The van der Waals surface area contributed by atoms with Gasteiger partial charge in [0.15, 0.2) is 0 Å². The molecule has 0 aliphatic heterocycles. The van der Waals surface area contributed by atoms with Crippen LogP contribution in [-0.2, 0) is 4.79 Å². The third-order valence-electron chi connectivity index (χ3n) is 5.65. The lowest BCUT2D eigenvalue weighted by Crippen LogP contribution is -2.39. The van der Waals surface area contributed by atoms with Gasteiger partial charge in [-0.25, -0.2) is 0 Å². The summed E-state index contributed by atoms with van der Waals surface area (Å²) in [6.45, 7) is 5.21. The van der Waals surface area contributed by atoms with Crippen LogP contribution in [0.5, 0.6) is 0 Å². The topological polar surface area (TPSA) is 29.1 Å². The van der Waals surface area contributed by atoms with E-state index in [4.69, 9.17) is 0 Å². The highest BCUT2D eigenvalue weighted by Gasteiger charge is 2.39. The minimum atomic E-state index is 0.242. The van der Waals surface area contributed by atoms with E-state index >= 15 is 0 Å². The number of carbonyl (C=O) groups is 1. The van der Waals surface area contributed by atoms with Crippen LogP contribution in [0.3, 0.4) is 0 Å². The zero-order valence-electron chi connectivity index (χ0n) is 12.8. The second kappa shape index (κ2) is 6.76. The second-order valence-electron chi connectivity index (χ2n) is 6.94. The third-order valence-corrected chi connectivity index (χ3v) is 5.65. The van der Waals surface area contributed by atoms with Crippen molar-refractivity contribution in [1.29, 1.82) is 0 Å². The summed E-state index contributed by atoms with van der Waals surface area (Å²) in [5.41, 5.74) is 0.745. The van der Waals surface area contributed by atoms with Crippen molar-refractivity contribution in [1.82, 2.24) is 5.32 Å². The van der Waals surface area contributed by atoms with Crippen LogP contribution < -0.4 is 5.32 Å². The molecule has 2 heteroatoms. The van der Waals surface area contributed by atoms with Crippen molar-refractivity contribution >= 4 is 5.91 Å². The molecule has 0 aromatic carbocycles. The molecule has 2 aliphatic carbocycles. The van der Waals surface area contributed by atoms with Gasteiger partial charge >= 0.3 is 0 Å². The van der Waals surface area contributed by atoms with Gasteiger partial charge in [0.25, 0.3) is 0 Å². The Labute approximate surface area is 118 Å². The van der Waals surface area contributed by atoms with Crippen molar-refractivity contribution < 1.29 is 4.79 Å². The summed E-state index contributed by atoms with van der Waals surface area (Å²) in [5.74, 6) is 1.29. The molecule has 0 aromatic heterocycles. The number of rotatable bonds is 6. The van der Waals surface area contributed by atoms with Gasteiger partial charge in [0.1, 0.15) is 0 Å². The van der Waals surface area contributed by atoms with E-state index in [1.165, 1.54) is 44.9 Å². The molecule has 2 rings (SSSR count). The fourth-order valence-electron chi connectivity index (χ4n) is 3.93. The molecule has 0 radical (unpaired) electrons. The van der Waals surface area contributed by atoms with E-state index in [1.54, 1.807) is 0 Å². The summed E-state index contributed by atoms with van der Waals surface area (Å²) in [6.07, 6.45) is 13.0. The molecule has 2 nitrogen and oxygen atoms in total. The highest BCUT2D eigenvalue weighted by Crippen LogP contribution is 2.52. The molecule has 1 amide bonds. The Morgan fingerprint density at radius 1 is 1.21 bits per heavy atom. The van der Waals surface area contributed by atoms with Gasteiger partial charge in [-0.1, -0.05) is 26.7 Å². The average molecular weight is 265 g/mol. The van der Waals surface area contributed by atoms with Gasteiger partial charge in [0.2, 0.25) is 5.91 Å². The predicted molar refractivity (Wildman–Crippen MR) is 79.9 cm³/mol. The van der Waals surface area contributed by atoms with Crippen LogP contribution >= 0.6 is 0 Å². The lowest BCUT2D eigenvalue weighted by atomic mass is 9.59. The molecule has 2 fully saturated rings. The minimum Gasteiger partial charge on any atom is -0.356 e. The maximum atomic E-state index is 12.1. The number of hydrogen-bond donors (Lipinski definition) is 1. The van der Waals surface area contributed by atoms with Gasteiger partial charge in [0, 0.05) is 12.5 Å². The Hall–Kier alpha value is -0.530. The van der Waals surface area contributed by atoms with Gasteiger partial charge in [-0.2, -0.15) is 0 Å². The van der Waals surface area contributed by atoms with Gasteiger partial charge in [-0.05, 0) is 62.7 Å². The first-order valence-corrected chi connectivity index (χ1v) is 8.47. The summed E-state index contributed by atoms with van der Waals surface area (Å²) in [7, 11) is 0. The van der Waals surface area contributed by atoms with E-state index in [1.807, 2.05) is 0 Å². The molecule has 1 atom stereocenters. The Bertz CT molecular complexity index is 286. The SMILES string of the molecule is CCCC(CC)C(=O)NCC1CCC2(CCC2)CC1. The molecular formula is C17H31NO. The summed E-state index contributed by atoms with van der Waals surface area (Å²) in [6, 6.07) is 0. The second-order valence-corrected chi connectivity index (χ2v) is 6.94. The smallest absolute Gasteiger partial charge is 0.223 e. The fraction of sp³-hybridized carbons (Fsp3) is 0.941. The highest BCUT2D eigenvalue weighted by molar-refractivity contribution is 5.78. The van der Waals surface area contributed by atoms with E-state index < -0.39 is 0 Å². The molecule has 1 N–H and O–H groups in total. The third kappa shape index (κ3) is 3.73. The molecule has 0 bridgehead atoms. The van der Waals surface area contributed by atoms with Crippen molar-refractivity contribution in [3.05, 3.63) is 0 Å². The fourth-order valence-corrected chi connectivity index (χ4v) is 3.93.